The van der Waals surface area contributed by atoms with Gasteiger partial charge in [0.05, 0.1) is 18.2 Å². The summed E-state index contributed by atoms with van der Waals surface area (Å²) in [4.78, 5) is 18.0. The lowest BCUT2D eigenvalue weighted by molar-refractivity contribution is 0.0894. The number of hydrogen-bond acceptors (Lipinski definition) is 3. The number of hydrogen-bond donors (Lipinski definition) is 2. The van der Waals surface area contributed by atoms with Gasteiger partial charge in [0.25, 0.3) is 5.56 Å². The van der Waals surface area contributed by atoms with Crippen LogP contribution < -0.4 is 10.9 Å². The average Bonchev–Trinajstić information content (AvgIpc) is 3.23. The monoisotopic (exact) mass is 413 g/mol. The molecule has 6 heteroatoms. The molecule has 2 fully saturated rings. The second kappa shape index (κ2) is 9.26. The summed E-state index contributed by atoms with van der Waals surface area (Å²) in [5.41, 5.74) is 2.70. The summed E-state index contributed by atoms with van der Waals surface area (Å²) in [6.07, 6.45) is 8.50. The maximum atomic E-state index is 12.8. The molecule has 1 aliphatic heterocycles. The Morgan fingerprint density at radius 1 is 1.24 bits per heavy atom. The fourth-order valence-corrected chi connectivity index (χ4v) is 4.82. The van der Waals surface area contributed by atoms with Gasteiger partial charge in [0, 0.05) is 24.8 Å². The van der Waals surface area contributed by atoms with E-state index in [-0.39, 0.29) is 11.7 Å². The van der Waals surface area contributed by atoms with Crippen LogP contribution in [-0.2, 0) is 11.3 Å². The third-order valence-electron chi connectivity index (χ3n) is 6.19. The standard InChI is InChI=1S/C23H31N3O2S/c1-16-7-5-8-17-13-18(22(27)25-21(16)17)14-26(15-20-11-6-12-28-20)23(29)24-19-9-3-2-4-10-19/h5,7-8,13,19-20H,2-4,6,9-12,14-15H2,1H3,(H,24,29)(H,25,27). The van der Waals surface area contributed by atoms with Gasteiger partial charge in [-0.05, 0) is 61.8 Å². The minimum absolute atomic E-state index is 0.0374. The van der Waals surface area contributed by atoms with Gasteiger partial charge >= 0.3 is 0 Å². The van der Waals surface area contributed by atoms with Crippen LogP contribution in [0.2, 0.25) is 0 Å². The van der Waals surface area contributed by atoms with Crippen molar-refractivity contribution in [1.29, 1.82) is 0 Å². The number of nitrogens with one attached hydrogen (secondary N) is 2. The quantitative estimate of drug-likeness (QED) is 0.725. The van der Waals surface area contributed by atoms with Crippen LogP contribution in [0, 0.1) is 6.92 Å². The lowest BCUT2D eigenvalue weighted by Gasteiger charge is -2.32. The molecule has 1 saturated carbocycles. The van der Waals surface area contributed by atoms with Gasteiger partial charge in [-0.2, -0.15) is 0 Å². The fourth-order valence-electron chi connectivity index (χ4n) is 4.52. The van der Waals surface area contributed by atoms with Crippen molar-refractivity contribution >= 4 is 28.2 Å². The molecule has 5 nitrogen and oxygen atoms in total. The number of nitrogens with zero attached hydrogens (tertiary/aromatic N) is 1. The molecule has 1 aromatic heterocycles. The largest absolute Gasteiger partial charge is 0.376 e. The summed E-state index contributed by atoms with van der Waals surface area (Å²) in [5, 5.41) is 5.37. The molecule has 2 heterocycles. The number of fused-ring (bicyclic) bond motifs is 1. The number of H-pyrrole nitrogens is 1. The number of para-hydroxylation sites is 1. The van der Waals surface area contributed by atoms with Gasteiger partial charge in [-0.3, -0.25) is 4.79 Å². The summed E-state index contributed by atoms with van der Waals surface area (Å²) < 4.78 is 5.86. The smallest absolute Gasteiger partial charge is 0.253 e. The number of aryl methyl sites for hydroxylation is 1. The number of thiocarbonyl (C=S) groups is 1. The van der Waals surface area contributed by atoms with E-state index in [0.717, 1.165) is 53.1 Å². The Morgan fingerprint density at radius 2 is 2.07 bits per heavy atom. The third-order valence-corrected chi connectivity index (χ3v) is 6.57. The van der Waals surface area contributed by atoms with Crippen molar-refractivity contribution in [1.82, 2.24) is 15.2 Å². The van der Waals surface area contributed by atoms with Crippen molar-refractivity contribution in [2.75, 3.05) is 13.2 Å². The van der Waals surface area contributed by atoms with E-state index in [2.05, 4.69) is 15.2 Å². The Bertz CT molecular complexity index is 914. The molecule has 1 unspecified atom stereocenters. The minimum atomic E-state index is -0.0374. The zero-order chi connectivity index (χ0) is 20.2. The average molecular weight is 414 g/mol. The Labute approximate surface area is 177 Å². The van der Waals surface area contributed by atoms with Gasteiger partial charge in [0.15, 0.2) is 5.11 Å². The first-order chi connectivity index (χ1) is 14.1. The first-order valence-corrected chi connectivity index (χ1v) is 11.3. The molecule has 0 amide bonds. The number of pyridine rings is 1. The molecule has 0 radical (unpaired) electrons. The summed E-state index contributed by atoms with van der Waals surface area (Å²) >= 11 is 5.80. The maximum absolute atomic E-state index is 12.8. The number of ether oxygens (including phenoxy) is 1. The molecule has 156 valence electrons. The third kappa shape index (κ3) is 4.98. The molecule has 1 aliphatic carbocycles. The van der Waals surface area contributed by atoms with E-state index < -0.39 is 0 Å². The number of aromatic amines is 1. The normalized spacial score (nSPS) is 20.1. The highest BCUT2D eigenvalue weighted by atomic mass is 32.1. The van der Waals surface area contributed by atoms with Crippen LogP contribution in [0.5, 0.6) is 0 Å². The molecule has 2 N–H and O–H groups in total. The van der Waals surface area contributed by atoms with Gasteiger partial charge < -0.3 is 19.9 Å². The highest BCUT2D eigenvalue weighted by molar-refractivity contribution is 7.80. The van der Waals surface area contributed by atoms with Gasteiger partial charge in [-0.15, -0.1) is 0 Å². The van der Waals surface area contributed by atoms with Crippen LogP contribution in [0.3, 0.4) is 0 Å². The summed E-state index contributed by atoms with van der Waals surface area (Å²) in [7, 11) is 0. The van der Waals surface area contributed by atoms with E-state index in [9.17, 15) is 4.79 Å². The lowest BCUT2D eigenvalue weighted by atomic mass is 9.96. The Kier molecular flexibility index (Phi) is 6.50. The Hall–Kier alpha value is -1.92. The van der Waals surface area contributed by atoms with E-state index in [1.54, 1.807) is 0 Å². The Morgan fingerprint density at radius 3 is 2.83 bits per heavy atom. The van der Waals surface area contributed by atoms with Crippen molar-refractivity contribution in [2.24, 2.45) is 0 Å². The summed E-state index contributed by atoms with van der Waals surface area (Å²) in [6.45, 7) is 4.06. The molecule has 0 bridgehead atoms. The maximum Gasteiger partial charge on any atom is 0.253 e. The molecular weight excluding hydrogens is 382 g/mol. The summed E-state index contributed by atoms with van der Waals surface area (Å²) in [5.74, 6) is 0. The van der Waals surface area contributed by atoms with Crippen LogP contribution in [0.1, 0.15) is 56.1 Å². The van der Waals surface area contributed by atoms with Gasteiger partial charge in [0.1, 0.15) is 0 Å². The molecule has 0 spiro atoms. The van der Waals surface area contributed by atoms with Crippen molar-refractivity contribution in [2.45, 2.75) is 70.6 Å². The van der Waals surface area contributed by atoms with E-state index >= 15 is 0 Å². The van der Waals surface area contributed by atoms with Crippen LogP contribution in [0.4, 0.5) is 0 Å². The predicted molar refractivity (Wildman–Crippen MR) is 121 cm³/mol. The molecule has 1 atom stereocenters. The number of rotatable bonds is 5. The first kappa shape index (κ1) is 20.4. The van der Waals surface area contributed by atoms with Crippen molar-refractivity contribution in [3.63, 3.8) is 0 Å². The van der Waals surface area contributed by atoms with E-state index in [1.165, 1.54) is 32.1 Å². The van der Waals surface area contributed by atoms with Gasteiger partial charge in [-0.25, -0.2) is 0 Å². The Balaban J connectivity index is 1.55. The highest BCUT2D eigenvalue weighted by Crippen LogP contribution is 2.20. The summed E-state index contributed by atoms with van der Waals surface area (Å²) in [6, 6.07) is 8.54. The molecule has 2 aromatic rings. The molecule has 2 aliphatic rings. The second-order valence-corrected chi connectivity index (χ2v) is 8.85. The molecule has 29 heavy (non-hydrogen) atoms. The van der Waals surface area contributed by atoms with Crippen LogP contribution in [0.15, 0.2) is 29.1 Å². The van der Waals surface area contributed by atoms with E-state index in [4.69, 9.17) is 17.0 Å². The second-order valence-electron chi connectivity index (χ2n) is 8.46. The lowest BCUT2D eigenvalue weighted by Crippen LogP contribution is -2.47. The fraction of sp³-hybridized carbons (Fsp3) is 0.565. The van der Waals surface area contributed by atoms with Crippen molar-refractivity contribution < 1.29 is 4.74 Å². The molecule has 4 rings (SSSR count). The molecule has 1 saturated heterocycles. The molecular formula is C23H31N3O2S. The number of benzene rings is 1. The van der Waals surface area contributed by atoms with Crippen LogP contribution >= 0.6 is 12.2 Å². The topological polar surface area (TPSA) is 57.4 Å². The number of aromatic nitrogens is 1. The van der Waals surface area contributed by atoms with Gasteiger partial charge in [-0.1, -0.05) is 37.5 Å². The van der Waals surface area contributed by atoms with E-state index in [0.29, 0.717) is 12.6 Å². The predicted octanol–water partition coefficient (Wildman–Crippen LogP) is 4.02. The van der Waals surface area contributed by atoms with Crippen LogP contribution in [0.25, 0.3) is 10.9 Å². The highest BCUT2D eigenvalue weighted by Gasteiger charge is 2.24. The SMILES string of the molecule is Cc1cccc2cc(CN(CC3CCCO3)C(=S)NC3CCCCC3)c(=O)[nH]c12. The van der Waals surface area contributed by atoms with E-state index in [1.807, 2.05) is 31.2 Å². The zero-order valence-electron chi connectivity index (χ0n) is 17.2. The van der Waals surface area contributed by atoms with Crippen molar-refractivity contribution in [3.8, 4) is 0 Å². The molecule has 1 aromatic carbocycles. The zero-order valence-corrected chi connectivity index (χ0v) is 18.0. The van der Waals surface area contributed by atoms with Crippen LogP contribution in [-0.4, -0.2) is 40.3 Å². The minimum Gasteiger partial charge on any atom is -0.376 e. The van der Waals surface area contributed by atoms with Gasteiger partial charge in [0.2, 0.25) is 0 Å². The first-order valence-electron chi connectivity index (χ1n) is 10.9. The van der Waals surface area contributed by atoms with Crippen molar-refractivity contribution in [3.05, 3.63) is 45.7 Å².